The van der Waals surface area contributed by atoms with Crippen molar-refractivity contribution in [2.45, 2.75) is 6.92 Å². The summed E-state index contributed by atoms with van der Waals surface area (Å²) in [6.07, 6.45) is 1.89. The minimum absolute atomic E-state index is 0.272. The zero-order valence-electron chi connectivity index (χ0n) is 14.2. The molecule has 2 aromatic carbocycles. The highest BCUT2D eigenvalue weighted by Gasteiger charge is 2.17. The summed E-state index contributed by atoms with van der Waals surface area (Å²) in [5.74, 6) is 1.77. The fourth-order valence-corrected chi connectivity index (χ4v) is 2.81. The van der Waals surface area contributed by atoms with Crippen LogP contribution in [0, 0.1) is 6.92 Å². The third-order valence-electron chi connectivity index (χ3n) is 4.05. The molecule has 5 heteroatoms. The number of hydrogen-bond donors (Lipinski definition) is 1. The van der Waals surface area contributed by atoms with Crippen LogP contribution in [-0.2, 0) is 0 Å². The van der Waals surface area contributed by atoms with Gasteiger partial charge in [-0.15, -0.1) is 0 Å². The highest BCUT2D eigenvalue weighted by atomic mass is 16.5. The van der Waals surface area contributed by atoms with Crippen molar-refractivity contribution in [1.29, 1.82) is 0 Å². The summed E-state index contributed by atoms with van der Waals surface area (Å²) < 4.78 is 7.79. The Hall–Kier alpha value is -3.60. The molecule has 0 aliphatic carbocycles. The first-order chi connectivity index (χ1) is 12.7. The standard InChI is InChI=1S/C21H17N3O2/c1-15-22-20(18-12-7-8-14-24(15)18)21(25)23-17-11-5-6-13-19(17)26-16-9-3-2-4-10-16/h2-14H,1H3,(H,23,25). The molecule has 0 radical (unpaired) electrons. The largest absolute Gasteiger partial charge is 0.455 e. The van der Waals surface area contributed by atoms with E-state index in [4.69, 9.17) is 4.74 Å². The molecule has 0 unspecified atom stereocenters. The van der Waals surface area contributed by atoms with Crippen LogP contribution < -0.4 is 10.1 Å². The number of fused-ring (bicyclic) bond motifs is 1. The monoisotopic (exact) mass is 343 g/mol. The molecule has 0 saturated heterocycles. The smallest absolute Gasteiger partial charge is 0.276 e. The number of amides is 1. The van der Waals surface area contributed by atoms with E-state index < -0.39 is 0 Å². The van der Waals surface area contributed by atoms with Gasteiger partial charge in [-0.25, -0.2) is 4.98 Å². The number of benzene rings is 2. The van der Waals surface area contributed by atoms with Gasteiger partial charge in [-0.05, 0) is 43.3 Å². The summed E-state index contributed by atoms with van der Waals surface area (Å²) >= 11 is 0. The number of ether oxygens (including phenoxy) is 1. The maximum atomic E-state index is 12.8. The number of rotatable bonds is 4. The number of imidazole rings is 1. The van der Waals surface area contributed by atoms with E-state index in [2.05, 4.69) is 10.3 Å². The van der Waals surface area contributed by atoms with Crippen LogP contribution in [0.5, 0.6) is 11.5 Å². The molecule has 0 aliphatic rings. The van der Waals surface area contributed by atoms with Crippen molar-refractivity contribution in [3.63, 3.8) is 0 Å². The van der Waals surface area contributed by atoms with Crippen LogP contribution in [0.1, 0.15) is 16.3 Å². The lowest BCUT2D eigenvalue weighted by Crippen LogP contribution is -2.13. The number of carbonyl (C=O) groups is 1. The number of aryl methyl sites for hydroxylation is 1. The molecule has 2 heterocycles. The van der Waals surface area contributed by atoms with E-state index >= 15 is 0 Å². The van der Waals surface area contributed by atoms with Gasteiger partial charge in [0.25, 0.3) is 5.91 Å². The van der Waals surface area contributed by atoms with Gasteiger partial charge in [-0.1, -0.05) is 36.4 Å². The number of para-hydroxylation sites is 3. The first kappa shape index (κ1) is 15.9. The molecule has 0 atom stereocenters. The van der Waals surface area contributed by atoms with Crippen molar-refractivity contribution in [2.24, 2.45) is 0 Å². The minimum Gasteiger partial charge on any atom is -0.455 e. The average Bonchev–Trinajstić information content (AvgIpc) is 3.01. The normalized spacial score (nSPS) is 10.7. The molecule has 0 saturated carbocycles. The van der Waals surface area contributed by atoms with Crippen molar-refractivity contribution in [1.82, 2.24) is 9.38 Å². The van der Waals surface area contributed by atoms with Gasteiger partial charge in [-0.3, -0.25) is 4.79 Å². The predicted molar refractivity (Wildman–Crippen MR) is 101 cm³/mol. The van der Waals surface area contributed by atoms with E-state index in [1.54, 1.807) is 6.07 Å². The fourth-order valence-electron chi connectivity index (χ4n) is 2.81. The number of nitrogens with zero attached hydrogens (tertiary/aromatic N) is 2. The topological polar surface area (TPSA) is 55.6 Å². The summed E-state index contributed by atoms with van der Waals surface area (Å²) in [4.78, 5) is 17.2. The van der Waals surface area contributed by atoms with Crippen LogP contribution in [0.25, 0.3) is 5.52 Å². The molecule has 128 valence electrons. The van der Waals surface area contributed by atoms with Gasteiger partial charge in [0, 0.05) is 6.20 Å². The third-order valence-corrected chi connectivity index (χ3v) is 4.05. The van der Waals surface area contributed by atoms with E-state index in [1.165, 1.54) is 0 Å². The Bertz CT molecular complexity index is 1070. The summed E-state index contributed by atoms with van der Waals surface area (Å²) in [5.41, 5.74) is 1.75. The van der Waals surface area contributed by atoms with E-state index in [0.717, 1.165) is 11.3 Å². The number of nitrogens with one attached hydrogen (secondary N) is 1. The van der Waals surface area contributed by atoms with Crippen molar-refractivity contribution in [3.05, 3.63) is 90.5 Å². The molecular formula is C21H17N3O2. The van der Waals surface area contributed by atoms with Crippen molar-refractivity contribution >= 4 is 17.1 Å². The van der Waals surface area contributed by atoms with Crippen molar-refractivity contribution in [3.8, 4) is 11.5 Å². The molecular weight excluding hydrogens is 326 g/mol. The summed E-state index contributed by atoms with van der Waals surface area (Å²) in [6.45, 7) is 1.87. The van der Waals surface area contributed by atoms with Gasteiger partial charge in [0.2, 0.25) is 0 Å². The zero-order valence-corrected chi connectivity index (χ0v) is 14.2. The lowest BCUT2D eigenvalue weighted by atomic mass is 10.2. The maximum absolute atomic E-state index is 12.8. The second kappa shape index (κ2) is 6.72. The molecule has 0 bridgehead atoms. The van der Waals surface area contributed by atoms with Gasteiger partial charge in [0.05, 0.1) is 11.2 Å². The predicted octanol–water partition coefficient (Wildman–Crippen LogP) is 4.69. The number of carbonyl (C=O) groups excluding carboxylic acids is 1. The number of pyridine rings is 1. The van der Waals surface area contributed by atoms with Gasteiger partial charge in [0.15, 0.2) is 11.4 Å². The summed E-state index contributed by atoms with van der Waals surface area (Å²) in [5, 5.41) is 2.91. The molecule has 5 nitrogen and oxygen atoms in total. The van der Waals surface area contributed by atoms with Gasteiger partial charge >= 0.3 is 0 Å². The van der Waals surface area contributed by atoms with Gasteiger partial charge in [0.1, 0.15) is 11.6 Å². The Balaban J connectivity index is 1.64. The maximum Gasteiger partial charge on any atom is 0.276 e. The van der Waals surface area contributed by atoms with Crippen molar-refractivity contribution < 1.29 is 9.53 Å². The molecule has 1 amide bonds. The van der Waals surface area contributed by atoms with Crippen LogP contribution in [0.3, 0.4) is 0 Å². The number of aromatic nitrogens is 2. The Morgan fingerprint density at radius 1 is 0.962 bits per heavy atom. The van der Waals surface area contributed by atoms with E-state index in [9.17, 15) is 4.79 Å². The van der Waals surface area contributed by atoms with Crippen LogP contribution in [0.4, 0.5) is 5.69 Å². The second-order valence-electron chi connectivity index (χ2n) is 5.83. The Kier molecular flexibility index (Phi) is 4.11. The Morgan fingerprint density at radius 2 is 1.69 bits per heavy atom. The second-order valence-corrected chi connectivity index (χ2v) is 5.83. The quantitative estimate of drug-likeness (QED) is 0.585. The third kappa shape index (κ3) is 3.02. The minimum atomic E-state index is -0.272. The first-order valence-electron chi connectivity index (χ1n) is 8.29. The van der Waals surface area contributed by atoms with Crippen LogP contribution in [0.15, 0.2) is 79.0 Å². The molecule has 0 aliphatic heterocycles. The Labute approximate surface area is 150 Å². The van der Waals surface area contributed by atoms with E-state index in [0.29, 0.717) is 22.9 Å². The van der Waals surface area contributed by atoms with Gasteiger partial charge in [-0.2, -0.15) is 0 Å². The molecule has 4 rings (SSSR count). The average molecular weight is 343 g/mol. The van der Waals surface area contributed by atoms with Crippen LogP contribution >= 0.6 is 0 Å². The molecule has 0 spiro atoms. The molecule has 2 aromatic heterocycles. The highest BCUT2D eigenvalue weighted by molar-refractivity contribution is 6.08. The first-order valence-corrected chi connectivity index (χ1v) is 8.29. The van der Waals surface area contributed by atoms with Crippen LogP contribution in [0.2, 0.25) is 0 Å². The van der Waals surface area contributed by atoms with Gasteiger partial charge < -0.3 is 14.5 Å². The SMILES string of the molecule is Cc1nc(C(=O)Nc2ccccc2Oc2ccccc2)c2ccccn12. The lowest BCUT2D eigenvalue weighted by molar-refractivity contribution is 0.102. The Morgan fingerprint density at radius 3 is 2.54 bits per heavy atom. The van der Waals surface area contributed by atoms with E-state index in [1.807, 2.05) is 84.3 Å². The fraction of sp³-hybridized carbons (Fsp3) is 0.0476. The highest BCUT2D eigenvalue weighted by Crippen LogP contribution is 2.29. The summed E-state index contributed by atoms with van der Waals surface area (Å²) in [7, 11) is 0. The lowest BCUT2D eigenvalue weighted by Gasteiger charge is -2.11. The number of anilines is 1. The van der Waals surface area contributed by atoms with Crippen molar-refractivity contribution in [2.75, 3.05) is 5.32 Å². The van der Waals surface area contributed by atoms with Crippen LogP contribution in [-0.4, -0.2) is 15.3 Å². The molecule has 0 fully saturated rings. The van der Waals surface area contributed by atoms with E-state index in [-0.39, 0.29) is 5.91 Å². The summed E-state index contributed by atoms with van der Waals surface area (Å²) in [6, 6.07) is 22.5. The molecule has 4 aromatic rings. The zero-order chi connectivity index (χ0) is 17.9. The molecule has 1 N–H and O–H groups in total. The number of hydrogen-bond acceptors (Lipinski definition) is 3. The molecule has 26 heavy (non-hydrogen) atoms.